The smallest absolute Gasteiger partial charge is 0.0794 e. The lowest BCUT2D eigenvalue weighted by Gasteiger charge is -2.31. The summed E-state index contributed by atoms with van der Waals surface area (Å²) in [4.78, 5) is 1.23. The number of H-pyrrole nitrogens is 1. The lowest BCUT2D eigenvalue weighted by molar-refractivity contribution is 0.330. The lowest BCUT2D eigenvalue weighted by atomic mass is 10.0. The van der Waals surface area contributed by atoms with Crippen molar-refractivity contribution in [3.63, 3.8) is 0 Å². The van der Waals surface area contributed by atoms with Crippen molar-refractivity contribution in [3.8, 4) is 10.6 Å². The lowest BCUT2D eigenvalue weighted by Crippen LogP contribution is -2.48. The Morgan fingerprint density at radius 3 is 2.68 bits per heavy atom. The molecule has 0 fully saturated rings. The van der Waals surface area contributed by atoms with Crippen LogP contribution in [0.15, 0.2) is 54.0 Å². The van der Waals surface area contributed by atoms with E-state index < -0.39 is 0 Å². The van der Waals surface area contributed by atoms with E-state index in [1.54, 1.807) is 11.3 Å². The second-order valence-corrected chi connectivity index (χ2v) is 7.96. The molecular formula is C20H26N4S. The number of hydrogen-bond acceptors (Lipinski definition) is 4. The van der Waals surface area contributed by atoms with Crippen molar-refractivity contribution in [2.45, 2.75) is 38.9 Å². The highest BCUT2D eigenvalue weighted by molar-refractivity contribution is 7.13. The number of rotatable bonds is 8. The van der Waals surface area contributed by atoms with Crippen LogP contribution in [-0.4, -0.2) is 22.3 Å². The highest BCUT2D eigenvalue weighted by Crippen LogP contribution is 2.25. The van der Waals surface area contributed by atoms with Crippen molar-refractivity contribution in [3.05, 3.63) is 65.2 Å². The SMILES string of the molecule is CC(NC(C)(C)CNCc1cn[nH]c1-c1cccs1)c1ccccc1. The van der Waals surface area contributed by atoms with Gasteiger partial charge in [-0.25, -0.2) is 0 Å². The van der Waals surface area contributed by atoms with Gasteiger partial charge >= 0.3 is 0 Å². The van der Waals surface area contributed by atoms with Gasteiger partial charge in [-0.2, -0.15) is 5.10 Å². The zero-order chi connectivity index (χ0) is 17.7. The molecule has 3 aromatic rings. The molecule has 0 saturated carbocycles. The predicted molar refractivity (Wildman–Crippen MR) is 106 cm³/mol. The van der Waals surface area contributed by atoms with Gasteiger partial charge < -0.3 is 10.6 Å². The highest BCUT2D eigenvalue weighted by Gasteiger charge is 2.20. The van der Waals surface area contributed by atoms with Gasteiger partial charge in [0.2, 0.25) is 0 Å². The second-order valence-electron chi connectivity index (χ2n) is 7.01. The maximum atomic E-state index is 4.21. The van der Waals surface area contributed by atoms with Crippen LogP contribution in [0.1, 0.15) is 37.9 Å². The number of aromatic nitrogens is 2. The molecule has 0 bridgehead atoms. The first-order valence-corrected chi connectivity index (χ1v) is 9.52. The molecule has 3 rings (SSSR count). The molecule has 0 radical (unpaired) electrons. The summed E-state index contributed by atoms with van der Waals surface area (Å²) in [5, 5.41) is 16.7. The minimum atomic E-state index is -0.0118. The van der Waals surface area contributed by atoms with Crippen LogP contribution in [0.2, 0.25) is 0 Å². The molecule has 3 N–H and O–H groups in total. The van der Waals surface area contributed by atoms with Crippen LogP contribution in [0.25, 0.3) is 10.6 Å². The van der Waals surface area contributed by atoms with Crippen LogP contribution >= 0.6 is 11.3 Å². The third-order valence-electron chi connectivity index (χ3n) is 4.27. The molecule has 1 atom stereocenters. The van der Waals surface area contributed by atoms with E-state index in [1.165, 1.54) is 16.0 Å². The van der Waals surface area contributed by atoms with Gasteiger partial charge in [0.05, 0.1) is 16.8 Å². The minimum absolute atomic E-state index is 0.0118. The van der Waals surface area contributed by atoms with Gasteiger partial charge in [-0.05, 0) is 37.8 Å². The molecule has 0 aliphatic rings. The average Bonchev–Trinajstić information content (AvgIpc) is 3.26. The van der Waals surface area contributed by atoms with Crippen LogP contribution in [0.3, 0.4) is 0 Å². The molecule has 0 amide bonds. The van der Waals surface area contributed by atoms with Crippen molar-refractivity contribution in [1.29, 1.82) is 0 Å². The third kappa shape index (κ3) is 4.78. The minimum Gasteiger partial charge on any atom is -0.311 e. The fourth-order valence-electron chi connectivity index (χ4n) is 3.05. The summed E-state index contributed by atoms with van der Waals surface area (Å²) in [5.74, 6) is 0. The van der Waals surface area contributed by atoms with Gasteiger partial charge in [0.1, 0.15) is 0 Å². The molecule has 132 valence electrons. The standard InChI is InChI=1S/C20H26N4S/c1-15(16-8-5-4-6-9-16)23-20(2,3)14-21-12-17-13-22-24-19(17)18-10-7-11-25-18/h4-11,13,15,21,23H,12,14H2,1-3H3,(H,22,24). The first-order chi connectivity index (χ1) is 12.1. The van der Waals surface area contributed by atoms with Gasteiger partial charge in [-0.1, -0.05) is 36.4 Å². The zero-order valence-corrected chi connectivity index (χ0v) is 15.9. The summed E-state index contributed by atoms with van der Waals surface area (Å²) in [7, 11) is 0. The van der Waals surface area contributed by atoms with E-state index in [-0.39, 0.29) is 5.54 Å². The number of hydrogen-bond donors (Lipinski definition) is 3. The Hall–Kier alpha value is -1.95. The summed E-state index contributed by atoms with van der Waals surface area (Å²) in [6.07, 6.45) is 1.91. The third-order valence-corrected chi connectivity index (χ3v) is 5.16. The molecule has 0 spiro atoms. The van der Waals surface area contributed by atoms with Gasteiger partial charge in [-0.15, -0.1) is 11.3 Å². The number of benzene rings is 1. The fraction of sp³-hybridized carbons (Fsp3) is 0.350. The molecule has 4 nitrogen and oxygen atoms in total. The summed E-state index contributed by atoms with van der Waals surface area (Å²) in [5.41, 5.74) is 3.62. The largest absolute Gasteiger partial charge is 0.311 e. The second kappa shape index (κ2) is 7.95. The van der Waals surface area contributed by atoms with Crippen LogP contribution in [0.5, 0.6) is 0 Å². The Balaban J connectivity index is 1.54. The van der Waals surface area contributed by atoms with Crippen LogP contribution in [-0.2, 0) is 6.54 Å². The molecule has 1 unspecified atom stereocenters. The fourth-order valence-corrected chi connectivity index (χ4v) is 3.81. The van der Waals surface area contributed by atoms with E-state index >= 15 is 0 Å². The molecule has 5 heteroatoms. The van der Waals surface area contributed by atoms with E-state index in [0.29, 0.717) is 6.04 Å². The Morgan fingerprint density at radius 2 is 1.96 bits per heavy atom. The molecule has 2 aromatic heterocycles. The highest BCUT2D eigenvalue weighted by atomic mass is 32.1. The molecule has 2 heterocycles. The molecule has 0 aliphatic heterocycles. The van der Waals surface area contributed by atoms with Gasteiger partial charge in [0, 0.05) is 30.2 Å². The van der Waals surface area contributed by atoms with Crippen molar-refractivity contribution in [2.75, 3.05) is 6.54 Å². The molecule has 1 aromatic carbocycles. The van der Waals surface area contributed by atoms with Crippen LogP contribution in [0, 0.1) is 0 Å². The number of aromatic amines is 1. The van der Waals surface area contributed by atoms with Crippen molar-refractivity contribution in [1.82, 2.24) is 20.8 Å². The van der Waals surface area contributed by atoms with E-state index in [4.69, 9.17) is 0 Å². The Morgan fingerprint density at radius 1 is 1.16 bits per heavy atom. The molecule has 0 saturated heterocycles. The Labute approximate surface area is 153 Å². The number of nitrogens with zero attached hydrogens (tertiary/aromatic N) is 1. The Kier molecular flexibility index (Phi) is 5.68. The maximum Gasteiger partial charge on any atom is 0.0794 e. The van der Waals surface area contributed by atoms with E-state index in [2.05, 4.69) is 89.4 Å². The normalized spacial score (nSPS) is 13.1. The summed E-state index contributed by atoms with van der Waals surface area (Å²) in [6, 6.07) is 15.1. The monoisotopic (exact) mass is 354 g/mol. The first-order valence-electron chi connectivity index (χ1n) is 8.65. The zero-order valence-electron chi connectivity index (χ0n) is 15.0. The predicted octanol–water partition coefficient (Wildman–Crippen LogP) is 4.36. The van der Waals surface area contributed by atoms with E-state index in [1.807, 2.05) is 6.20 Å². The van der Waals surface area contributed by atoms with Gasteiger partial charge in [0.25, 0.3) is 0 Å². The maximum absolute atomic E-state index is 4.21. The van der Waals surface area contributed by atoms with Gasteiger partial charge in [-0.3, -0.25) is 5.10 Å². The molecular weight excluding hydrogens is 328 g/mol. The summed E-state index contributed by atoms with van der Waals surface area (Å²) >= 11 is 1.73. The molecule has 25 heavy (non-hydrogen) atoms. The van der Waals surface area contributed by atoms with E-state index in [9.17, 15) is 0 Å². The molecule has 0 aliphatic carbocycles. The summed E-state index contributed by atoms with van der Waals surface area (Å²) < 4.78 is 0. The topological polar surface area (TPSA) is 52.7 Å². The average molecular weight is 355 g/mol. The number of thiophene rings is 1. The van der Waals surface area contributed by atoms with Crippen molar-refractivity contribution < 1.29 is 0 Å². The van der Waals surface area contributed by atoms with Crippen molar-refractivity contribution in [2.24, 2.45) is 0 Å². The quantitative estimate of drug-likeness (QED) is 0.563. The summed E-state index contributed by atoms with van der Waals surface area (Å²) in [6.45, 7) is 8.35. The number of nitrogens with one attached hydrogen (secondary N) is 3. The first kappa shape index (κ1) is 17.9. The van der Waals surface area contributed by atoms with Crippen LogP contribution in [0.4, 0.5) is 0 Å². The van der Waals surface area contributed by atoms with Gasteiger partial charge in [0.15, 0.2) is 0 Å². The van der Waals surface area contributed by atoms with Crippen LogP contribution < -0.4 is 10.6 Å². The van der Waals surface area contributed by atoms with E-state index in [0.717, 1.165) is 18.8 Å². The Bertz CT molecular complexity index is 762. The van der Waals surface area contributed by atoms with Crippen molar-refractivity contribution >= 4 is 11.3 Å².